The second-order valence-corrected chi connectivity index (χ2v) is 6.81. The molecule has 0 spiro atoms. The maximum absolute atomic E-state index is 10.9. The minimum absolute atomic E-state index is 0.302. The third-order valence-electron chi connectivity index (χ3n) is 3.44. The van der Waals surface area contributed by atoms with Crippen molar-refractivity contribution >= 4 is 23.7 Å². The third kappa shape index (κ3) is 7.44. The minimum Gasteiger partial charge on any atom is -0.427 e. The molecule has 0 aromatic heterocycles. The molecule has 0 fully saturated rings. The van der Waals surface area contributed by atoms with Crippen LogP contribution < -0.4 is 9.47 Å². The first-order valence-electron chi connectivity index (χ1n) is 8.15. The average Bonchev–Trinajstić information content (AvgIpc) is 2.56. The van der Waals surface area contributed by atoms with Crippen molar-refractivity contribution in [3.05, 3.63) is 59.7 Å². The summed E-state index contributed by atoms with van der Waals surface area (Å²) in [5.74, 6) is 2.65. The van der Waals surface area contributed by atoms with E-state index in [-0.39, 0.29) is 11.9 Å². The summed E-state index contributed by atoms with van der Waals surface area (Å²) in [4.78, 5) is 21.8. The molecule has 0 heterocycles. The third-order valence-corrected chi connectivity index (χ3v) is 4.43. The van der Waals surface area contributed by atoms with Crippen molar-refractivity contribution in [1.82, 2.24) is 0 Å². The van der Waals surface area contributed by atoms with Crippen molar-refractivity contribution < 1.29 is 19.1 Å². The Labute approximate surface area is 152 Å². The molecule has 0 aliphatic carbocycles. The van der Waals surface area contributed by atoms with Gasteiger partial charge in [-0.05, 0) is 59.7 Å². The summed E-state index contributed by atoms with van der Waals surface area (Å²) < 4.78 is 10.0. The highest BCUT2D eigenvalue weighted by Gasteiger charge is 2.01. The number of benzene rings is 2. The molecule has 0 aliphatic heterocycles. The SMILES string of the molecule is CC(=O)Oc1ccc(CCSCCc2ccc(OC(C)=O)cc2)cc1. The fraction of sp³-hybridized carbons (Fsp3) is 0.300. The Kier molecular flexibility index (Phi) is 7.54. The number of rotatable bonds is 8. The Hall–Kier alpha value is -2.27. The van der Waals surface area contributed by atoms with Crippen molar-refractivity contribution in [2.24, 2.45) is 0 Å². The molecular formula is C20H22O4S. The predicted octanol–water partition coefficient (Wildman–Crippen LogP) is 4.06. The smallest absolute Gasteiger partial charge is 0.308 e. The Morgan fingerprint density at radius 2 is 1.08 bits per heavy atom. The van der Waals surface area contributed by atoms with Crippen LogP contribution in [0.4, 0.5) is 0 Å². The number of carbonyl (C=O) groups excluding carboxylic acids is 2. The first-order valence-corrected chi connectivity index (χ1v) is 9.31. The second-order valence-electron chi connectivity index (χ2n) is 5.59. The first-order chi connectivity index (χ1) is 12.0. The zero-order valence-corrected chi connectivity index (χ0v) is 15.3. The van der Waals surface area contributed by atoms with Crippen LogP contribution in [0, 0.1) is 0 Å². The minimum atomic E-state index is -0.302. The van der Waals surface area contributed by atoms with Gasteiger partial charge in [-0.1, -0.05) is 24.3 Å². The van der Waals surface area contributed by atoms with Gasteiger partial charge in [-0.15, -0.1) is 0 Å². The summed E-state index contributed by atoms with van der Waals surface area (Å²) >= 11 is 1.90. The number of ether oxygens (including phenoxy) is 2. The van der Waals surface area contributed by atoms with E-state index >= 15 is 0 Å². The van der Waals surface area contributed by atoms with Gasteiger partial charge < -0.3 is 9.47 Å². The van der Waals surface area contributed by atoms with Gasteiger partial charge >= 0.3 is 11.9 Å². The van der Waals surface area contributed by atoms with Crippen LogP contribution in [-0.4, -0.2) is 23.4 Å². The average molecular weight is 358 g/mol. The Bertz CT molecular complexity index is 631. The fourth-order valence-corrected chi connectivity index (χ4v) is 3.23. The molecule has 2 aromatic carbocycles. The highest BCUT2D eigenvalue weighted by atomic mass is 32.2. The van der Waals surface area contributed by atoms with Crippen LogP contribution in [0.2, 0.25) is 0 Å². The molecule has 25 heavy (non-hydrogen) atoms. The van der Waals surface area contributed by atoms with Crippen LogP contribution in [0.3, 0.4) is 0 Å². The summed E-state index contributed by atoms with van der Waals surface area (Å²) in [6, 6.07) is 15.3. The number of hydrogen-bond donors (Lipinski definition) is 0. The van der Waals surface area contributed by atoms with Crippen LogP contribution in [0.15, 0.2) is 48.5 Å². The highest BCUT2D eigenvalue weighted by molar-refractivity contribution is 7.99. The van der Waals surface area contributed by atoms with E-state index < -0.39 is 0 Å². The predicted molar refractivity (Wildman–Crippen MR) is 100 cm³/mol. The molecule has 0 aliphatic rings. The molecule has 0 saturated heterocycles. The van der Waals surface area contributed by atoms with Gasteiger partial charge in [-0.3, -0.25) is 9.59 Å². The van der Waals surface area contributed by atoms with Crippen LogP contribution in [0.25, 0.3) is 0 Å². The van der Waals surface area contributed by atoms with E-state index in [1.165, 1.54) is 25.0 Å². The van der Waals surface area contributed by atoms with E-state index in [4.69, 9.17) is 9.47 Å². The normalized spacial score (nSPS) is 10.3. The molecule has 0 bridgehead atoms. The maximum atomic E-state index is 10.9. The van der Waals surface area contributed by atoms with E-state index in [2.05, 4.69) is 0 Å². The van der Waals surface area contributed by atoms with Crippen LogP contribution in [0.5, 0.6) is 11.5 Å². The summed E-state index contributed by atoms with van der Waals surface area (Å²) in [6.45, 7) is 2.79. The molecule has 132 valence electrons. The molecule has 2 aromatic rings. The number of hydrogen-bond acceptors (Lipinski definition) is 5. The van der Waals surface area contributed by atoms with Crippen molar-refractivity contribution in [3.8, 4) is 11.5 Å². The van der Waals surface area contributed by atoms with E-state index in [0.717, 1.165) is 24.3 Å². The molecule has 0 radical (unpaired) electrons. The molecule has 0 amide bonds. The fourth-order valence-electron chi connectivity index (χ4n) is 2.26. The van der Waals surface area contributed by atoms with Crippen LogP contribution >= 0.6 is 11.8 Å². The lowest BCUT2D eigenvalue weighted by atomic mass is 10.2. The largest absolute Gasteiger partial charge is 0.427 e. The number of aryl methyl sites for hydroxylation is 2. The molecule has 0 atom stereocenters. The lowest BCUT2D eigenvalue weighted by Gasteiger charge is -2.06. The molecule has 0 N–H and O–H groups in total. The number of thioether (sulfide) groups is 1. The molecule has 4 nitrogen and oxygen atoms in total. The lowest BCUT2D eigenvalue weighted by molar-refractivity contribution is -0.132. The summed E-state index contributed by atoms with van der Waals surface area (Å²) in [7, 11) is 0. The van der Waals surface area contributed by atoms with Crippen molar-refractivity contribution in [2.75, 3.05) is 11.5 Å². The van der Waals surface area contributed by atoms with Gasteiger partial charge in [0.05, 0.1) is 0 Å². The van der Waals surface area contributed by atoms with E-state index in [0.29, 0.717) is 11.5 Å². The highest BCUT2D eigenvalue weighted by Crippen LogP contribution is 2.16. The standard InChI is InChI=1S/C20H22O4S/c1-15(21)23-19-7-3-17(4-8-19)11-13-25-14-12-18-5-9-20(10-6-18)24-16(2)22/h3-10H,11-14H2,1-2H3. The van der Waals surface area contributed by atoms with Crippen molar-refractivity contribution in [2.45, 2.75) is 26.7 Å². The van der Waals surface area contributed by atoms with Gasteiger partial charge in [0.25, 0.3) is 0 Å². The Morgan fingerprint density at radius 3 is 1.40 bits per heavy atom. The van der Waals surface area contributed by atoms with Crippen LogP contribution in [-0.2, 0) is 22.4 Å². The molecule has 2 rings (SSSR count). The van der Waals surface area contributed by atoms with Gasteiger partial charge in [-0.2, -0.15) is 11.8 Å². The maximum Gasteiger partial charge on any atom is 0.308 e. The topological polar surface area (TPSA) is 52.6 Å². The van der Waals surface area contributed by atoms with Gasteiger partial charge in [0.15, 0.2) is 0 Å². The van der Waals surface area contributed by atoms with Crippen molar-refractivity contribution in [3.63, 3.8) is 0 Å². The lowest BCUT2D eigenvalue weighted by Crippen LogP contribution is -2.01. The van der Waals surface area contributed by atoms with E-state index in [1.54, 1.807) is 0 Å². The molecular weight excluding hydrogens is 336 g/mol. The number of esters is 2. The van der Waals surface area contributed by atoms with Gasteiger partial charge in [0, 0.05) is 13.8 Å². The summed E-state index contributed by atoms with van der Waals surface area (Å²) in [5, 5.41) is 0. The van der Waals surface area contributed by atoms with Crippen molar-refractivity contribution in [1.29, 1.82) is 0 Å². The van der Waals surface area contributed by atoms with E-state index in [9.17, 15) is 9.59 Å². The van der Waals surface area contributed by atoms with Gasteiger partial charge in [0.2, 0.25) is 0 Å². The molecule has 0 saturated carbocycles. The Balaban J connectivity index is 1.66. The zero-order chi connectivity index (χ0) is 18.1. The zero-order valence-electron chi connectivity index (χ0n) is 14.5. The first kappa shape index (κ1) is 19.1. The summed E-state index contributed by atoms with van der Waals surface area (Å²) in [5.41, 5.74) is 2.46. The van der Waals surface area contributed by atoms with Gasteiger partial charge in [-0.25, -0.2) is 0 Å². The quantitative estimate of drug-likeness (QED) is 0.405. The second kappa shape index (κ2) is 9.89. The van der Waals surface area contributed by atoms with E-state index in [1.807, 2.05) is 60.3 Å². The van der Waals surface area contributed by atoms with Crippen LogP contribution in [0.1, 0.15) is 25.0 Å². The monoisotopic (exact) mass is 358 g/mol. The van der Waals surface area contributed by atoms with Gasteiger partial charge in [0.1, 0.15) is 11.5 Å². The Morgan fingerprint density at radius 1 is 0.720 bits per heavy atom. The molecule has 5 heteroatoms. The molecule has 0 unspecified atom stereocenters. The summed E-state index contributed by atoms with van der Waals surface area (Å²) in [6.07, 6.45) is 1.97. The number of carbonyl (C=O) groups is 2.